The molecule has 0 aliphatic carbocycles. The fourth-order valence-corrected chi connectivity index (χ4v) is 2.57. The van der Waals surface area contributed by atoms with Gasteiger partial charge in [0.05, 0.1) is 26.2 Å². The Balaban J connectivity index is -0.000000720. The number of nitrogens with zero attached hydrogens (tertiary/aromatic N) is 1. The van der Waals surface area contributed by atoms with Gasteiger partial charge in [0.1, 0.15) is 0 Å². The van der Waals surface area contributed by atoms with Crippen LogP contribution < -0.4 is 0 Å². The van der Waals surface area contributed by atoms with E-state index in [0.717, 1.165) is 0 Å². The molecule has 0 aliphatic rings. The van der Waals surface area contributed by atoms with Crippen molar-refractivity contribution in [3.63, 3.8) is 0 Å². The van der Waals surface area contributed by atoms with E-state index in [1.54, 1.807) is 0 Å². The van der Waals surface area contributed by atoms with E-state index in [1.807, 2.05) is 0 Å². The third kappa shape index (κ3) is 5.92. The van der Waals surface area contributed by atoms with Crippen molar-refractivity contribution in [1.29, 1.82) is 0 Å². The minimum Gasteiger partial charge on any atom is -2.00 e. The smallest absolute Gasteiger partial charge is 1.00 e. The molecule has 14 heavy (non-hydrogen) atoms. The first-order valence-electron chi connectivity index (χ1n) is 6.09. The van der Waals surface area contributed by atoms with Crippen molar-refractivity contribution in [2.75, 3.05) is 26.2 Å². The first-order valence-corrected chi connectivity index (χ1v) is 6.09. The van der Waals surface area contributed by atoms with Crippen molar-refractivity contribution in [2.24, 2.45) is 0 Å². The van der Waals surface area contributed by atoms with Gasteiger partial charge in [0.15, 0.2) is 0 Å². The average molecular weight is 219 g/mol. The van der Waals surface area contributed by atoms with Crippen LogP contribution in [-0.2, 0) is 13.5 Å². The second-order valence-electron chi connectivity index (χ2n) is 4.24. The molecule has 0 heterocycles. The van der Waals surface area contributed by atoms with E-state index in [2.05, 4.69) is 27.7 Å². The van der Waals surface area contributed by atoms with Gasteiger partial charge in [0.25, 0.3) is 0 Å². The summed E-state index contributed by atoms with van der Waals surface area (Å²) in [5.74, 6) is 0. The molecule has 0 bridgehead atoms. The summed E-state index contributed by atoms with van der Waals surface area (Å²) in [5, 5.41) is 0. The quantitative estimate of drug-likeness (QED) is 0.548. The third-order valence-corrected chi connectivity index (χ3v) is 2.79. The zero-order chi connectivity index (χ0) is 10.2. The maximum Gasteiger partial charge on any atom is 1.00 e. The van der Waals surface area contributed by atoms with Gasteiger partial charge in [0, 0.05) is 0 Å². The van der Waals surface area contributed by atoms with E-state index in [-0.39, 0.29) is 14.9 Å². The Kier molecular flexibility index (Phi) is 11.8. The zero-order valence-electron chi connectivity index (χ0n) is 11.5. The van der Waals surface area contributed by atoms with Crippen molar-refractivity contribution in [3.8, 4) is 0 Å². The molecule has 0 rings (SSSR count). The van der Waals surface area contributed by atoms with Crippen LogP contribution in [0.25, 0.3) is 0 Å². The van der Waals surface area contributed by atoms with Crippen LogP contribution >= 0.6 is 0 Å². The summed E-state index contributed by atoms with van der Waals surface area (Å²) in [4.78, 5) is 0. The highest BCUT2D eigenvalue weighted by Gasteiger charge is 2.22. The van der Waals surface area contributed by atoms with Crippen LogP contribution in [0.2, 0.25) is 0 Å². The van der Waals surface area contributed by atoms with Crippen LogP contribution in [0.3, 0.4) is 0 Å². The molecule has 0 aromatic rings. The van der Waals surface area contributed by atoms with Crippen molar-refractivity contribution in [1.82, 2.24) is 0 Å². The summed E-state index contributed by atoms with van der Waals surface area (Å²) < 4.78 is 1.38. The highest BCUT2D eigenvalue weighted by Crippen LogP contribution is 2.12. The van der Waals surface area contributed by atoms with E-state index < -0.39 is 0 Å². The highest BCUT2D eigenvalue weighted by molar-refractivity contribution is 7.37. The van der Waals surface area contributed by atoms with Gasteiger partial charge in [-0.3, -0.25) is 0 Å². The molecule has 0 saturated heterocycles. The minimum absolute atomic E-state index is 0. The molecule has 1 nitrogen and oxygen atoms in total. The number of hydrogen-bond acceptors (Lipinski definition) is 0. The Labute approximate surface area is 99.4 Å². The molecule has 0 fully saturated rings. The van der Waals surface area contributed by atoms with E-state index in [4.69, 9.17) is 0 Å². The molecule has 0 saturated carbocycles. The standard InChI is InChI=1S/C12H28N.S/c1-5-9-13(10-6-2,11-7-3)12-8-4;/h5-12H2,1-4H3;/q+1;-2/p+1. The molecule has 0 N–H and O–H groups in total. The van der Waals surface area contributed by atoms with E-state index in [1.165, 1.54) is 56.3 Å². The first kappa shape index (κ1) is 16.7. The molecular weight excluding hydrogens is 190 g/mol. The van der Waals surface area contributed by atoms with Crippen LogP contribution in [0, 0.1) is 0 Å². The van der Waals surface area contributed by atoms with Gasteiger partial charge in [-0.25, -0.2) is 0 Å². The molecule has 0 unspecified atom stereocenters. The van der Waals surface area contributed by atoms with Crippen molar-refractivity contribution < 1.29 is 5.91 Å². The topological polar surface area (TPSA) is 0 Å². The molecular formula is C12H29NS. The zero-order valence-corrected chi connectivity index (χ0v) is 11.3. The van der Waals surface area contributed by atoms with E-state index in [0.29, 0.717) is 0 Å². The SMILES string of the molecule is CCC[N+](CCC)(CCC)CCC.[H+].[S-2]. The summed E-state index contributed by atoms with van der Waals surface area (Å²) in [6, 6.07) is 0. The van der Waals surface area contributed by atoms with Gasteiger partial charge >= 0.3 is 1.43 Å². The van der Waals surface area contributed by atoms with Gasteiger partial charge in [0.2, 0.25) is 0 Å². The van der Waals surface area contributed by atoms with Gasteiger partial charge < -0.3 is 18.0 Å². The Morgan fingerprint density at radius 2 is 0.857 bits per heavy atom. The monoisotopic (exact) mass is 219 g/mol. The number of hydrogen-bond donors (Lipinski definition) is 0. The maximum atomic E-state index is 2.31. The second kappa shape index (κ2) is 9.85. The lowest BCUT2D eigenvalue weighted by Gasteiger charge is -2.38. The van der Waals surface area contributed by atoms with Gasteiger partial charge in [-0.15, -0.1) is 0 Å². The fourth-order valence-electron chi connectivity index (χ4n) is 2.57. The molecule has 0 aliphatic heterocycles. The molecule has 2 heteroatoms. The summed E-state index contributed by atoms with van der Waals surface area (Å²) in [7, 11) is 0. The van der Waals surface area contributed by atoms with E-state index >= 15 is 0 Å². The maximum absolute atomic E-state index is 2.31. The number of rotatable bonds is 8. The largest absolute Gasteiger partial charge is 2.00 e. The number of quaternary nitrogens is 1. The molecule has 0 aromatic heterocycles. The van der Waals surface area contributed by atoms with Gasteiger partial charge in [-0.2, -0.15) is 0 Å². The minimum atomic E-state index is 0. The van der Waals surface area contributed by atoms with Crippen molar-refractivity contribution in [2.45, 2.75) is 53.4 Å². The van der Waals surface area contributed by atoms with Crippen LogP contribution in [-0.4, -0.2) is 30.7 Å². The van der Waals surface area contributed by atoms with Crippen molar-refractivity contribution >= 4 is 13.5 Å². The molecule has 0 amide bonds. The van der Waals surface area contributed by atoms with Gasteiger partial charge in [-0.05, 0) is 25.7 Å². The lowest BCUT2D eigenvalue weighted by Crippen LogP contribution is -2.50. The third-order valence-electron chi connectivity index (χ3n) is 2.79. The normalized spacial score (nSPS) is 11.1. The average Bonchev–Trinajstić information content (AvgIpc) is 2.06. The Bertz CT molecular complexity index is 90.7. The fraction of sp³-hybridized carbons (Fsp3) is 1.00. The van der Waals surface area contributed by atoms with E-state index in [9.17, 15) is 0 Å². The molecule has 0 spiro atoms. The van der Waals surface area contributed by atoms with Crippen LogP contribution in [0.1, 0.15) is 54.8 Å². The summed E-state index contributed by atoms with van der Waals surface area (Å²) in [6.45, 7) is 14.8. The predicted molar refractivity (Wildman–Crippen MR) is 69.4 cm³/mol. The highest BCUT2D eigenvalue weighted by atomic mass is 32.1. The van der Waals surface area contributed by atoms with Crippen LogP contribution in [0.15, 0.2) is 0 Å². The molecule has 0 radical (unpaired) electrons. The molecule has 0 aromatic carbocycles. The molecule has 0 atom stereocenters. The first-order chi connectivity index (χ1) is 6.24. The van der Waals surface area contributed by atoms with Gasteiger partial charge in [-0.1, -0.05) is 27.7 Å². The lowest BCUT2D eigenvalue weighted by molar-refractivity contribution is -0.928. The Morgan fingerprint density at radius 3 is 1.00 bits per heavy atom. The van der Waals surface area contributed by atoms with Crippen LogP contribution in [0.5, 0.6) is 0 Å². The van der Waals surface area contributed by atoms with Crippen molar-refractivity contribution in [3.05, 3.63) is 0 Å². The van der Waals surface area contributed by atoms with Crippen LogP contribution in [0.4, 0.5) is 0 Å². The summed E-state index contributed by atoms with van der Waals surface area (Å²) in [5.41, 5.74) is 0. The Hall–Kier alpha value is 0.310. The second-order valence-corrected chi connectivity index (χ2v) is 4.24. The summed E-state index contributed by atoms with van der Waals surface area (Å²) in [6.07, 6.45) is 5.33. The Morgan fingerprint density at radius 1 is 0.643 bits per heavy atom. The summed E-state index contributed by atoms with van der Waals surface area (Å²) >= 11 is 0. The predicted octanol–water partition coefficient (Wildman–Crippen LogP) is 3.55. The lowest BCUT2D eigenvalue weighted by atomic mass is 10.2. The molecule has 88 valence electrons.